The number of carbonyl (C=O) groups is 1. The van der Waals surface area contributed by atoms with Crippen LogP contribution in [0.2, 0.25) is 0 Å². The third-order valence-electron chi connectivity index (χ3n) is 2.81. The lowest BCUT2D eigenvalue weighted by molar-refractivity contribution is -0.114. The molecule has 0 aliphatic carbocycles. The van der Waals surface area contributed by atoms with Crippen LogP contribution in [0.1, 0.15) is 49.5 Å². The van der Waals surface area contributed by atoms with Crippen molar-refractivity contribution in [2.24, 2.45) is 0 Å². The highest BCUT2D eigenvalue weighted by atomic mass is 16.7. The van der Waals surface area contributed by atoms with Crippen LogP contribution in [-0.4, -0.2) is 25.3 Å². The zero-order valence-electron chi connectivity index (χ0n) is 12.1. The first-order chi connectivity index (χ1) is 9.22. The molecule has 0 bridgehead atoms. The van der Waals surface area contributed by atoms with E-state index in [-0.39, 0.29) is 5.78 Å². The van der Waals surface area contributed by atoms with Crippen molar-refractivity contribution < 1.29 is 14.3 Å². The average Bonchev–Trinajstić information content (AvgIpc) is 2.47. The van der Waals surface area contributed by atoms with Crippen LogP contribution >= 0.6 is 0 Å². The summed E-state index contributed by atoms with van der Waals surface area (Å²) >= 11 is 0. The third-order valence-corrected chi connectivity index (χ3v) is 2.81. The molecular formula is C16H24O3. The van der Waals surface area contributed by atoms with Crippen LogP contribution in [0.25, 0.3) is 0 Å². The van der Waals surface area contributed by atoms with Gasteiger partial charge in [-0.25, -0.2) is 0 Å². The minimum atomic E-state index is -0.771. The van der Waals surface area contributed by atoms with E-state index in [2.05, 4.69) is 6.92 Å². The molecule has 0 radical (unpaired) electrons. The molecule has 0 saturated heterocycles. The fourth-order valence-electron chi connectivity index (χ4n) is 1.69. The molecule has 0 atom stereocenters. The molecule has 1 aromatic carbocycles. The molecular weight excluding hydrogens is 240 g/mol. The summed E-state index contributed by atoms with van der Waals surface area (Å²) in [6, 6.07) is 7.64. The van der Waals surface area contributed by atoms with Crippen LogP contribution in [0.3, 0.4) is 0 Å². The van der Waals surface area contributed by atoms with Crippen LogP contribution in [0, 0.1) is 0 Å². The Morgan fingerprint density at radius 3 is 1.95 bits per heavy atom. The van der Waals surface area contributed by atoms with Gasteiger partial charge in [-0.05, 0) is 24.8 Å². The molecule has 0 spiro atoms. The normalized spacial score (nSPS) is 10.9. The Kier molecular flexibility index (Phi) is 7.38. The van der Waals surface area contributed by atoms with Gasteiger partial charge in [-0.3, -0.25) is 4.79 Å². The largest absolute Gasteiger partial charge is 0.346 e. The van der Waals surface area contributed by atoms with Gasteiger partial charge in [-0.15, -0.1) is 0 Å². The first-order valence-corrected chi connectivity index (χ1v) is 7.09. The van der Waals surface area contributed by atoms with Crippen molar-refractivity contribution in [2.45, 2.75) is 46.3 Å². The molecule has 0 saturated carbocycles. The minimum Gasteiger partial charge on any atom is -0.346 e. The van der Waals surface area contributed by atoms with E-state index in [0.717, 1.165) is 19.3 Å². The Morgan fingerprint density at radius 2 is 1.53 bits per heavy atom. The predicted molar refractivity (Wildman–Crippen MR) is 76.4 cm³/mol. The molecule has 0 aliphatic rings. The van der Waals surface area contributed by atoms with Gasteiger partial charge in [0, 0.05) is 18.8 Å². The van der Waals surface area contributed by atoms with E-state index in [1.165, 1.54) is 5.56 Å². The van der Waals surface area contributed by atoms with E-state index in [9.17, 15) is 4.79 Å². The molecule has 1 rings (SSSR count). The van der Waals surface area contributed by atoms with E-state index >= 15 is 0 Å². The van der Waals surface area contributed by atoms with Crippen molar-refractivity contribution in [3.63, 3.8) is 0 Å². The molecule has 0 heterocycles. The number of hydrogen-bond donors (Lipinski definition) is 0. The van der Waals surface area contributed by atoms with Gasteiger partial charge in [0.1, 0.15) is 0 Å². The molecule has 0 amide bonds. The molecule has 0 aliphatic heterocycles. The Bertz CT molecular complexity index is 362. The van der Waals surface area contributed by atoms with E-state index in [4.69, 9.17) is 9.47 Å². The highest BCUT2D eigenvalue weighted by molar-refractivity contribution is 5.98. The van der Waals surface area contributed by atoms with Crippen molar-refractivity contribution in [3.8, 4) is 0 Å². The Balaban J connectivity index is 2.72. The monoisotopic (exact) mass is 264 g/mol. The maximum Gasteiger partial charge on any atom is 0.222 e. The lowest BCUT2D eigenvalue weighted by Gasteiger charge is -2.17. The summed E-state index contributed by atoms with van der Waals surface area (Å²) in [5.74, 6) is -0.0930. The zero-order valence-corrected chi connectivity index (χ0v) is 12.1. The average molecular weight is 264 g/mol. The second-order valence-electron chi connectivity index (χ2n) is 4.49. The number of carbonyl (C=O) groups excluding carboxylic acids is 1. The van der Waals surface area contributed by atoms with E-state index in [0.29, 0.717) is 18.8 Å². The van der Waals surface area contributed by atoms with Gasteiger partial charge < -0.3 is 9.47 Å². The molecule has 0 unspecified atom stereocenters. The number of aryl methyl sites for hydroxylation is 1. The van der Waals surface area contributed by atoms with Crippen LogP contribution < -0.4 is 0 Å². The fourth-order valence-corrected chi connectivity index (χ4v) is 1.69. The number of hydrogen-bond acceptors (Lipinski definition) is 3. The second-order valence-corrected chi connectivity index (χ2v) is 4.49. The number of rotatable bonds is 9. The van der Waals surface area contributed by atoms with Crippen molar-refractivity contribution in [1.82, 2.24) is 0 Å². The topological polar surface area (TPSA) is 35.5 Å². The molecule has 0 N–H and O–H groups in total. The first-order valence-electron chi connectivity index (χ1n) is 7.09. The van der Waals surface area contributed by atoms with Gasteiger partial charge in [-0.2, -0.15) is 0 Å². The summed E-state index contributed by atoms with van der Waals surface area (Å²) in [5, 5.41) is 0. The lowest BCUT2D eigenvalue weighted by atomic mass is 10.1. The van der Waals surface area contributed by atoms with Crippen LogP contribution in [0.4, 0.5) is 0 Å². The molecule has 3 heteroatoms. The molecule has 3 nitrogen and oxygen atoms in total. The maximum atomic E-state index is 12.3. The quantitative estimate of drug-likeness (QED) is 0.505. The van der Waals surface area contributed by atoms with E-state index in [1.54, 1.807) is 0 Å². The van der Waals surface area contributed by atoms with Crippen LogP contribution in [0.15, 0.2) is 24.3 Å². The van der Waals surface area contributed by atoms with Gasteiger partial charge >= 0.3 is 0 Å². The summed E-state index contributed by atoms with van der Waals surface area (Å²) in [7, 11) is 0. The van der Waals surface area contributed by atoms with Gasteiger partial charge in [-0.1, -0.05) is 45.0 Å². The van der Waals surface area contributed by atoms with Crippen LogP contribution in [0.5, 0.6) is 0 Å². The van der Waals surface area contributed by atoms with Gasteiger partial charge in [0.25, 0.3) is 0 Å². The number of benzene rings is 1. The standard InChI is InChI=1S/C16H24O3/c1-4-11-18-16(19-12-5-2)15(17)14-9-7-13(6-3)8-10-14/h7-10,16H,4-6,11-12H2,1-3H3. The predicted octanol–water partition coefficient (Wildman–Crippen LogP) is 3.61. The minimum absolute atomic E-state index is 0.0930. The zero-order chi connectivity index (χ0) is 14.1. The molecule has 0 aromatic heterocycles. The van der Waals surface area contributed by atoms with E-state index < -0.39 is 6.29 Å². The Hall–Kier alpha value is -1.19. The Morgan fingerprint density at radius 1 is 1.00 bits per heavy atom. The van der Waals surface area contributed by atoms with Crippen molar-refractivity contribution in [2.75, 3.05) is 13.2 Å². The smallest absolute Gasteiger partial charge is 0.222 e. The third kappa shape index (κ3) is 5.13. The van der Waals surface area contributed by atoms with Crippen molar-refractivity contribution >= 4 is 5.78 Å². The summed E-state index contributed by atoms with van der Waals surface area (Å²) < 4.78 is 11.0. The maximum absolute atomic E-state index is 12.3. The summed E-state index contributed by atoms with van der Waals surface area (Å²) in [6.45, 7) is 7.18. The molecule has 106 valence electrons. The highest BCUT2D eigenvalue weighted by Gasteiger charge is 2.20. The summed E-state index contributed by atoms with van der Waals surface area (Å²) in [4.78, 5) is 12.3. The molecule has 1 aromatic rings. The van der Waals surface area contributed by atoms with Crippen LogP contribution in [-0.2, 0) is 15.9 Å². The molecule has 0 fully saturated rings. The van der Waals surface area contributed by atoms with Gasteiger partial charge in [0.05, 0.1) is 0 Å². The summed E-state index contributed by atoms with van der Waals surface area (Å²) in [5.41, 5.74) is 1.87. The number of ketones is 1. The van der Waals surface area contributed by atoms with E-state index in [1.807, 2.05) is 38.1 Å². The second kappa shape index (κ2) is 8.83. The van der Waals surface area contributed by atoms with Gasteiger partial charge in [0.15, 0.2) is 0 Å². The highest BCUT2D eigenvalue weighted by Crippen LogP contribution is 2.11. The van der Waals surface area contributed by atoms with Crippen molar-refractivity contribution in [1.29, 1.82) is 0 Å². The SMILES string of the molecule is CCCOC(OCCC)C(=O)c1ccc(CC)cc1. The lowest BCUT2D eigenvalue weighted by Crippen LogP contribution is -2.28. The van der Waals surface area contributed by atoms with Crippen molar-refractivity contribution in [3.05, 3.63) is 35.4 Å². The fraction of sp³-hybridized carbons (Fsp3) is 0.562. The number of Topliss-reactive ketones (excluding diaryl/α,β-unsaturated/α-hetero) is 1. The Labute approximate surface area is 115 Å². The number of ether oxygens (including phenoxy) is 2. The molecule has 19 heavy (non-hydrogen) atoms. The first kappa shape index (κ1) is 15.9. The summed E-state index contributed by atoms with van der Waals surface area (Å²) in [6.07, 6.45) is 1.94. The van der Waals surface area contributed by atoms with Gasteiger partial charge in [0.2, 0.25) is 12.1 Å².